The fourth-order valence-corrected chi connectivity index (χ4v) is 2.89. The van der Waals surface area contributed by atoms with Crippen LogP contribution < -0.4 is 14.8 Å². The summed E-state index contributed by atoms with van der Waals surface area (Å²) in [4.78, 5) is 12.2. The highest BCUT2D eigenvalue weighted by atomic mass is 16.5. The van der Waals surface area contributed by atoms with Gasteiger partial charge in [-0.15, -0.1) is 0 Å². The van der Waals surface area contributed by atoms with E-state index >= 15 is 0 Å². The molecule has 1 aliphatic rings. The van der Waals surface area contributed by atoms with Gasteiger partial charge in [0, 0.05) is 18.4 Å². The normalized spacial score (nSPS) is 16.0. The standard InChI is InChI=1S/C20H23NO3/c1-15-6-4-7-16(14-15)23-12-5-10-20(22)21-18-11-13-24-19-9-3-2-8-17(18)19/h2-4,6-9,14,18H,5,10-13H2,1H3,(H,21,22)/t18-/m1/s1. The Kier molecular flexibility index (Phi) is 5.36. The average molecular weight is 325 g/mol. The average Bonchev–Trinajstić information content (AvgIpc) is 2.59. The number of carbonyl (C=O) groups excluding carboxylic acids is 1. The summed E-state index contributed by atoms with van der Waals surface area (Å²) in [6.45, 7) is 3.21. The second kappa shape index (κ2) is 7.86. The van der Waals surface area contributed by atoms with Gasteiger partial charge in [0.15, 0.2) is 0 Å². The molecule has 1 amide bonds. The van der Waals surface area contributed by atoms with Gasteiger partial charge in [-0.2, -0.15) is 0 Å². The molecule has 2 aromatic rings. The Morgan fingerprint density at radius 2 is 2.12 bits per heavy atom. The maximum Gasteiger partial charge on any atom is 0.220 e. The molecule has 0 spiro atoms. The third-order valence-electron chi connectivity index (χ3n) is 4.10. The van der Waals surface area contributed by atoms with Crippen LogP contribution in [0.2, 0.25) is 0 Å². The minimum atomic E-state index is 0.0418. The number of benzene rings is 2. The highest BCUT2D eigenvalue weighted by Crippen LogP contribution is 2.31. The van der Waals surface area contributed by atoms with Gasteiger partial charge in [0.2, 0.25) is 5.91 Å². The monoisotopic (exact) mass is 325 g/mol. The summed E-state index contributed by atoms with van der Waals surface area (Å²) in [5, 5.41) is 3.11. The van der Waals surface area contributed by atoms with Crippen LogP contribution in [0.4, 0.5) is 0 Å². The van der Waals surface area contributed by atoms with Gasteiger partial charge in [0.25, 0.3) is 0 Å². The molecular formula is C20H23NO3. The maximum atomic E-state index is 12.2. The first-order valence-corrected chi connectivity index (χ1v) is 8.43. The lowest BCUT2D eigenvalue weighted by Gasteiger charge is -2.26. The third kappa shape index (κ3) is 4.28. The van der Waals surface area contributed by atoms with Gasteiger partial charge in [0.05, 0.1) is 19.3 Å². The Bertz CT molecular complexity index is 699. The van der Waals surface area contributed by atoms with E-state index in [0.29, 0.717) is 26.1 Å². The first-order valence-electron chi connectivity index (χ1n) is 8.43. The molecule has 0 aromatic heterocycles. The quantitative estimate of drug-likeness (QED) is 0.822. The van der Waals surface area contributed by atoms with E-state index in [-0.39, 0.29) is 11.9 Å². The van der Waals surface area contributed by atoms with Gasteiger partial charge in [-0.05, 0) is 37.1 Å². The molecule has 1 heterocycles. The number of hydrogen-bond acceptors (Lipinski definition) is 3. The van der Waals surface area contributed by atoms with Crippen LogP contribution >= 0.6 is 0 Å². The molecule has 0 saturated carbocycles. The van der Waals surface area contributed by atoms with Crippen molar-refractivity contribution in [2.24, 2.45) is 0 Å². The molecule has 0 aliphatic carbocycles. The predicted molar refractivity (Wildman–Crippen MR) is 93.3 cm³/mol. The molecule has 1 atom stereocenters. The van der Waals surface area contributed by atoms with Crippen molar-refractivity contribution in [3.63, 3.8) is 0 Å². The number of fused-ring (bicyclic) bond motifs is 1. The van der Waals surface area contributed by atoms with Crippen molar-refractivity contribution in [3.8, 4) is 11.5 Å². The van der Waals surface area contributed by atoms with Crippen LogP contribution in [0.1, 0.15) is 36.4 Å². The molecule has 4 nitrogen and oxygen atoms in total. The van der Waals surface area contributed by atoms with Crippen molar-refractivity contribution >= 4 is 5.91 Å². The van der Waals surface area contributed by atoms with Crippen molar-refractivity contribution in [3.05, 3.63) is 59.7 Å². The molecule has 1 aliphatic heterocycles. The van der Waals surface area contributed by atoms with Gasteiger partial charge in [-0.25, -0.2) is 0 Å². The van der Waals surface area contributed by atoms with Crippen LogP contribution in [-0.4, -0.2) is 19.1 Å². The second-order valence-electron chi connectivity index (χ2n) is 6.06. The molecule has 126 valence electrons. The van der Waals surface area contributed by atoms with Crippen molar-refractivity contribution in [2.45, 2.75) is 32.2 Å². The SMILES string of the molecule is Cc1cccc(OCCCC(=O)N[C@@H]2CCOc3ccccc32)c1. The zero-order valence-corrected chi connectivity index (χ0v) is 14.0. The Morgan fingerprint density at radius 1 is 1.25 bits per heavy atom. The van der Waals surface area contributed by atoms with E-state index in [9.17, 15) is 4.79 Å². The Balaban J connectivity index is 1.43. The zero-order chi connectivity index (χ0) is 16.8. The fraction of sp³-hybridized carbons (Fsp3) is 0.350. The second-order valence-corrected chi connectivity index (χ2v) is 6.06. The molecule has 0 fully saturated rings. The first kappa shape index (κ1) is 16.4. The topological polar surface area (TPSA) is 47.6 Å². The summed E-state index contributed by atoms with van der Waals surface area (Å²) in [5.74, 6) is 1.79. The minimum absolute atomic E-state index is 0.0418. The number of rotatable bonds is 6. The summed E-state index contributed by atoms with van der Waals surface area (Å²) in [5.41, 5.74) is 2.23. The first-order chi connectivity index (χ1) is 11.7. The molecule has 3 rings (SSSR count). The van der Waals surface area contributed by atoms with Crippen LogP contribution in [0.25, 0.3) is 0 Å². The largest absolute Gasteiger partial charge is 0.494 e. The van der Waals surface area contributed by atoms with Crippen molar-refractivity contribution in [2.75, 3.05) is 13.2 Å². The zero-order valence-electron chi connectivity index (χ0n) is 14.0. The Morgan fingerprint density at radius 3 is 3.00 bits per heavy atom. The van der Waals surface area contributed by atoms with E-state index in [1.165, 1.54) is 5.56 Å². The molecule has 2 aromatic carbocycles. The predicted octanol–water partition coefficient (Wildman–Crippen LogP) is 3.79. The van der Waals surface area contributed by atoms with Crippen molar-refractivity contribution < 1.29 is 14.3 Å². The lowest BCUT2D eigenvalue weighted by molar-refractivity contribution is -0.122. The Labute approximate surface area is 142 Å². The van der Waals surface area contributed by atoms with Gasteiger partial charge >= 0.3 is 0 Å². The summed E-state index contributed by atoms with van der Waals surface area (Å²) < 4.78 is 11.3. The summed E-state index contributed by atoms with van der Waals surface area (Å²) in [7, 11) is 0. The maximum absolute atomic E-state index is 12.2. The van der Waals surface area contributed by atoms with Crippen molar-refractivity contribution in [1.82, 2.24) is 5.32 Å². The smallest absolute Gasteiger partial charge is 0.220 e. The van der Waals surface area contributed by atoms with Gasteiger partial charge in [0.1, 0.15) is 11.5 Å². The Hall–Kier alpha value is -2.49. The number of para-hydroxylation sites is 1. The van der Waals surface area contributed by atoms with E-state index < -0.39 is 0 Å². The molecule has 4 heteroatoms. The summed E-state index contributed by atoms with van der Waals surface area (Å²) >= 11 is 0. The summed E-state index contributed by atoms with van der Waals surface area (Å²) in [6, 6.07) is 15.9. The lowest BCUT2D eigenvalue weighted by atomic mass is 10.0. The number of nitrogens with one attached hydrogen (secondary N) is 1. The van der Waals surface area contributed by atoms with E-state index in [1.54, 1.807) is 0 Å². The van der Waals surface area contributed by atoms with E-state index in [1.807, 2.05) is 55.5 Å². The molecule has 0 unspecified atom stereocenters. The number of amides is 1. The van der Waals surface area contributed by atoms with E-state index in [4.69, 9.17) is 9.47 Å². The van der Waals surface area contributed by atoms with E-state index in [2.05, 4.69) is 5.32 Å². The van der Waals surface area contributed by atoms with Gasteiger partial charge in [-0.1, -0.05) is 30.3 Å². The van der Waals surface area contributed by atoms with Crippen LogP contribution in [0, 0.1) is 6.92 Å². The molecule has 0 radical (unpaired) electrons. The van der Waals surface area contributed by atoms with Crippen LogP contribution in [-0.2, 0) is 4.79 Å². The number of hydrogen-bond donors (Lipinski definition) is 1. The highest BCUT2D eigenvalue weighted by molar-refractivity contribution is 5.76. The molecule has 0 bridgehead atoms. The molecule has 1 N–H and O–H groups in total. The number of carbonyl (C=O) groups is 1. The minimum Gasteiger partial charge on any atom is -0.494 e. The highest BCUT2D eigenvalue weighted by Gasteiger charge is 2.22. The lowest BCUT2D eigenvalue weighted by Crippen LogP contribution is -2.32. The van der Waals surface area contributed by atoms with Crippen LogP contribution in [0.5, 0.6) is 11.5 Å². The van der Waals surface area contributed by atoms with E-state index in [0.717, 1.165) is 23.5 Å². The number of ether oxygens (including phenoxy) is 2. The van der Waals surface area contributed by atoms with Crippen LogP contribution in [0.15, 0.2) is 48.5 Å². The van der Waals surface area contributed by atoms with Crippen molar-refractivity contribution in [1.29, 1.82) is 0 Å². The van der Waals surface area contributed by atoms with Gasteiger partial charge < -0.3 is 14.8 Å². The fourth-order valence-electron chi connectivity index (χ4n) is 2.89. The molecule has 0 saturated heterocycles. The summed E-state index contributed by atoms with van der Waals surface area (Å²) in [6.07, 6.45) is 1.97. The third-order valence-corrected chi connectivity index (χ3v) is 4.10. The van der Waals surface area contributed by atoms with Crippen LogP contribution in [0.3, 0.4) is 0 Å². The molecular weight excluding hydrogens is 302 g/mol. The van der Waals surface area contributed by atoms with Gasteiger partial charge in [-0.3, -0.25) is 4.79 Å². The number of aryl methyl sites for hydroxylation is 1. The molecule has 24 heavy (non-hydrogen) atoms.